The van der Waals surface area contributed by atoms with E-state index in [0.717, 1.165) is 6.42 Å². The van der Waals surface area contributed by atoms with Crippen LogP contribution in [0.15, 0.2) is 12.7 Å². The molecule has 0 spiro atoms. The number of amides is 1. The van der Waals surface area contributed by atoms with Crippen molar-refractivity contribution in [1.29, 1.82) is 0 Å². The minimum Gasteiger partial charge on any atom is -0.460 e. The molecule has 1 heterocycles. The average molecular weight is 299 g/mol. The predicted molar refractivity (Wildman–Crippen MR) is 77.8 cm³/mol. The maximum absolute atomic E-state index is 12.1. The second-order valence-corrected chi connectivity index (χ2v) is 6.10. The third-order valence-electron chi connectivity index (χ3n) is 3.06. The Morgan fingerprint density at radius 1 is 1.48 bits per heavy atom. The van der Waals surface area contributed by atoms with Crippen molar-refractivity contribution < 1.29 is 23.8 Å². The van der Waals surface area contributed by atoms with Crippen molar-refractivity contribution in [2.75, 3.05) is 13.2 Å². The Bertz CT molecular complexity index is 388. The third kappa shape index (κ3) is 6.16. The zero-order valence-electron chi connectivity index (χ0n) is 13.2. The lowest BCUT2D eigenvalue weighted by atomic mass is 10.0. The van der Waals surface area contributed by atoms with E-state index in [4.69, 9.17) is 14.2 Å². The summed E-state index contributed by atoms with van der Waals surface area (Å²) in [5.74, 6) is -0.490. The van der Waals surface area contributed by atoms with Gasteiger partial charge >= 0.3 is 12.1 Å². The number of hydrogen-bond acceptors (Lipinski definition) is 5. The van der Waals surface area contributed by atoms with Crippen molar-refractivity contribution in [2.45, 2.75) is 51.9 Å². The van der Waals surface area contributed by atoms with Crippen LogP contribution in [0.25, 0.3) is 0 Å². The van der Waals surface area contributed by atoms with Crippen LogP contribution < -0.4 is 5.32 Å². The Labute approximate surface area is 125 Å². The molecule has 1 rings (SSSR count). The quantitative estimate of drug-likeness (QED) is 0.624. The molecule has 0 unspecified atom stereocenters. The number of nitrogens with one attached hydrogen (secondary N) is 1. The van der Waals surface area contributed by atoms with Crippen molar-refractivity contribution in [1.82, 2.24) is 5.32 Å². The highest BCUT2D eigenvalue weighted by atomic mass is 16.6. The van der Waals surface area contributed by atoms with Gasteiger partial charge in [-0.15, -0.1) is 6.58 Å². The highest BCUT2D eigenvalue weighted by Gasteiger charge is 2.29. The number of alkyl carbamates (subject to hydrolysis) is 1. The van der Waals surface area contributed by atoms with Gasteiger partial charge in [0.25, 0.3) is 0 Å². The highest BCUT2D eigenvalue weighted by Crippen LogP contribution is 2.16. The summed E-state index contributed by atoms with van der Waals surface area (Å²) in [6, 6.07) is -0.870. The fourth-order valence-corrected chi connectivity index (χ4v) is 1.94. The fraction of sp³-hybridized carbons (Fsp3) is 0.733. The first-order valence-corrected chi connectivity index (χ1v) is 7.13. The maximum atomic E-state index is 12.1. The van der Waals surface area contributed by atoms with Crippen LogP contribution in [0.4, 0.5) is 4.79 Å². The largest absolute Gasteiger partial charge is 0.460 e. The number of carbonyl (C=O) groups is 2. The SMILES string of the molecule is C=C[C@@H]1CCOC[C@H](NC(=O)OC(C)(C)C)C(=O)O[C@H]1C. The molecule has 1 fully saturated rings. The zero-order valence-corrected chi connectivity index (χ0v) is 13.2. The zero-order chi connectivity index (χ0) is 16.0. The van der Waals surface area contributed by atoms with E-state index in [9.17, 15) is 9.59 Å². The van der Waals surface area contributed by atoms with E-state index >= 15 is 0 Å². The van der Waals surface area contributed by atoms with Crippen LogP contribution in [0.1, 0.15) is 34.1 Å². The Morgan fingerprint density at radius 2 is 2.14 bits per heavy atom. The first-order valence-electron chi connectivity index (χ1n) is 7.13. The lowest BCUT2D eigenvalue weighted by Gasteiger charge is -2.23. The van der Waals surface area contributed by atoms with Gasteiger partial charge in [0.15, 0.2) is 6.04 Å². The number of rotatable bonds is 2. The van der Waals surface area contributed by atoms with Gasteiger partial charge in [0.2, 0.25) is 0 Å². The summed E-state index contributed by atoms with van der Waals surface area (Å²) in [5.41, 5.74) is -0.630. The highest BCUT2D eigenvalue weighted by molar-refractivity contribution is 5.81. The van der Waals surface area contributed by atoms with Crippen molar-refractivity contribution in [3.05, 3.63) is 12.7 Å². The number of esters is 1. The molecule has 0 aromatic rings. The van der Waals surface area contributed by atoms with E-state index in [-0.39, 0.29) is 18.6 Å². The Morgan fingerprint density at radius 3 is 2.71 bits per heavy atom. The van der Waals surface area contributed by atoms with Gasteiger partial charge in [0, 0.05) is 12.5 Å². The molecule has 0 aliphatic carbocycles. The summed E-state index contributed by atoms with van der Waals surface area (Å²) in [7, 11) is 0. The smallest absolute Gasteiger partial charge is 0.408 e. The van der Waals surface area contributed by atoms with Gasteiger partial charge in [-0.2, -0.15) is 0 Å². The molecular formula is C15H25NO5. The molecule has 0 saturated carbocycles. The summed E-state index contributed by atoms with van der Waals surface area (Å²) in [4.78, 5) is 23.8. The second-order valence-electron chi connectivity index (χ2n) is 6.10. The summed E-state index contributed by atoms with van der Waals surface area (Å²) in [5, 5.41) is 2.49. The topological polar surface area (TPSA) is 73.9 Å². The predicted octanol–water partition coefficient (Wildman–Crippen LogP) is 2.03. The molecule has 120 valence electrons. The van der Waals surface area contributed by atoms with E-state index in [1.807, 2.05) is 0 Å². The molecule has 3 atom stereocenters. The molecule has 1 aliphatic heterocycles. The molecule has 0 radical (unpaired) electrons. The van der Waals surface area contributed by atoms with Crippen LogP contribution in [-0.2, 0) is 19.0 Å². The molecule has 1 amide bonds. The number of hydrogen-bond donors (Lipinski definition) is 1. The summed E-state index contributed by atoms with van der Waals surface area (Å²) in [6.07, 6.45) is 1.50. The third-order valence-corrected chi connectivity index (χ3v) is 3.06. The van der Waals surface area contributed by atoms with Gasteiger partial charge in [-0.05, 0) is 34.1 Å². The Balaban J connectivity index is 2.66. The van der Waals surface area contributed by atoms with Crippen LogP contribution in [0, 0.1) is 5.92 Å². The fourth-order valence-electron chi connectivity index (χ4n) is 1.94. The van der Waals surface area contributed by atoms with E-state index < -0.39 is 23.7 Å². The molecule has 0 aromatic heterocycles. The summed E-state index contributed by atoms with van der Waals surface area (Å²) in [6.45, 7) is 11.3. The van der Waals surface area contributed by atoms with Gasteiger partial charge in [-0.25, -0.2) is 9.59 Å². The van der Waals surface area contributed by atoms with Gasteiger partial charge in [-0.1, -0.05) is 6.08 Å². The van der Waals surface area contributed by atoms with E-state index in [1.54, 1.807) is 33.8 Å². The lowest BCUT2D eigenvalue weighted by molar-refractivity contribution is -0.152. The minimum absolute atomic E-state index is 0.0363. The average Bonchev–Trinajstić information content (AvgIpc) is 2.39. The first-order chi connectivity index (χ1) is 9.73. The number of carbonyl (C=O) groups excluding carboxylic acids is 2. The molecule has 21 heavy (non-hydrogen) atoms. The Kier molecular flexibility index (Phi) is 6.20. The van der Waals surface area contributed by atoms with Crippen LogP contribution in [0.3, 0.4) is 0 Å². The maximum Gasteiger partial charge on any atom is 0.408 e. The van der Waals surface area contributed by atoms with Gasteiger partial charge in [0.1, 0.15) is 11.7 Å². The van der Waals surface area contributed by atoms with E-state index in [0.29, 0.717) is 6.61 Å². The van der Waals surface area contributed by atoms with Crippen LogP contribution in [0.2, 0.25) is 0 Å². The summed E-state index contributed by atoms with van der Waals surface area (Å²) >= 11 is 0. The summed E-state index contributed by atoms with van der Waals surface area (Å²) < 4.78 is 15.9. The normalized spacial score (nSPS) is 27.6. The van der Waals surface area contributed by atoms with Gasteiger partial charge in [0.05, 0.1) is 6.61 Å². The lowest BCUT2D eigenvalue weighted by Crippen LogP contribution is -2.47. The molecule has 6 heteroatoms. The van der Waals surface area contributed by atoms with E-state index in [1.165, 1.54) is 0 Å². The molecule has 1 saturated heterocycles. The minimum atomic E-state index is -0.870. The van der Waals surface area contributed by atoms with Gasteiger partial charge in [-0.3, -0.25) is 0 Å². The molecule has 0 bridgehead atoms. The molecular weight excluding hydrogens is 274 g/mol. The molecule has 6 nitrogen and oxygen atoms in total. The molecule has 0 aromatic carbocycles. The van der Waals surface area contributed by atoms with Crippen molar-refractivity contribution in [2.24, 2.45) is 5.92 Å². The monoisotopic (exact) mass is 299 g/mol. The first kappa shape index (κ1) is 17.5. The van der Waals surface area contributed by atoms with Crippen molar-refractivity contribution >= 4 is 12.1 Å². The van der Waals surface area contributed by atoms with Crippen LogP contribution >= 0.6 is 0 Å². The Hall–Kier alpha value is -1.56. The standard InChI is InChI=1S/C15H25NO5/c1-6-11-7-8-19-9-12(13(17)20-10(11)2)16-14(18)21-15(3,4)5/h6,10-12H,1,7-9H2,2-5H3,(H,16,18)/t10-,11+,12-/m0/s1. The van der Waals surface area contributed by atoms with Crippen LogP contribution in [-0.4, -0.2) is 43.0 Å². The van der Waals surface area contributed by atoms with Crippen molar-refractivity contribution in [3.63, 3.8) is 0 Å². The second kappa shape index (κ2) is 7.45. The number of ether oxygens (including phenoxy) is 3. The van der Waals surface area contributed by atoms with E-state index in [2.05, 4.69) is 11.9 Å². The van der Waals surface area contributed by atoms with Crippen molar-refractivity contribution in [3.8, 4) is 0 Å². The molecule has 1 N–H and O–H groups in total. The number of cyclic esters (lactones) is 1. The van der Waals surface area contributed by atoms with Crippen LogP contribution in [0.5, 0.6) is 0 Å². The molecule has 1 aliphatic rings. The van der Waals surface area contributed by atoms with Gasteiger partial charge < -0.3 is 19.5 Å².